The largest absolute Gasteiger partial charge is 0.298 e. The molecule has 0 spiro atoms. The van der Waals surface area contributed by atoms with Crippen molar-refractivity contribution < 1.29 is 4.79 Å². The summed E-state index contributed by atoms with van der Waals surface area (Å²) in [6.45, 7) is 2.12. The first-order valence-corrected chi connectivity index (χ1v) is 5.99. The van der Waals surface area contributed by atoms with Crippen LogP contribution in [0, 0.1) is 11.8 Å². The van der Waals surface area contributed by atoms with Gasteiger partial charge in [-0.2, -0.15) is 11.8 Å². The summed E-state index contributed by atoms with van der Waals surface area (Å²) in [5.41, 5.74) is 0. The minimum atomic E-state index is 0.362. The minimum absolute atomic E-state index is 0.362. The fourth-order valence-corrected chi connectivity index (χ4v) is 3.25. The van der Waals surface area contributed by atoms with E-state index in [0.29, 0.717) is 17.0 Å². The molecular formula is C10H16OS. The molecule has 0 aromatic heterocycles. The molecule has 0 amide bonds. The molecule has 0 aromatic rings. The van der Waals surface area contributed by atoms with Gasteiger partial charge in [0.15, 0.2) is 0 Å². The first-order valence-electron chi connectivity index (χ1n) is 4.94. The normalized spacial score (nSPS) is 31.9. The number of carbonyl (C=O) groups excluding carboxylic acids is 1. The van der Waals surface area contributed by atoms with E-state index in [-0.39, 0.29) is 0 Å². The zero-order chi connectivity index (χ0) is 8.55. The summed E-state index contributed by atoms with van der Waals surface area (Å²) >= 11 is 1.87. The predicted molar refractivity (Wildman–Crippen MR) is 52.4 cm³/mol. The average molecular weight is 184 g/mol. The van der Waals surface area contributed by atoms with E-state index in [1.54, 1.807) is 0 Å². The zero-order valence-corrected chi connectivity index (χ0v) is 8.40. The number of ketones is 1. The SMILES string of the molecule is CC(C(=O)C1CCCS1)C1CC1. The molecule has 0 radical (unpaired) electrons. The second-order valence-electron chi connectivity index (χ2n) is 4.03. The maximum atomic E-state index is 11.8. The van der Waals surface area contributed by atoms with Crippen LogP contribution in [0.3, 0.4) is 0 Å². The van der Waals surface area contributed by atoms with Gasteiger partial charge in [-0.3, -0.25) is 4.79 Å². The van der Waals surface area contributed by atoms with Crippen LogP contribution in [0.4, 0.5) is 0 Å². The summed E-state index contributed by atoms with van der Waals surface area (Å²) in [5.74, 6) is 2.85. The Morgan fingerprint density at radius 1 is 1.42 bits per heavy atom. The molecule has 2 rings (SSSR count). The third kappa shape index (κ3) is 1.68. The monoisotopic (exact) mass is 184 g/mol. The van der Waals surface area contributed by atoms with Gasteiger partial charge in [0, 0.05) is 5.92 Å². The molecule has 12 heavy (non-hydrogen) atoms. The van der Waals surface area contributed by atoms with Crippen LogP contribution < -0.4 is 0 Å². The second kappa shape index (κ2) is 3.41. The van der Waals surface area contributed by atoms with Crippen molar-refractivity contribution >= 4 is 17.5 Å². The van der Waals surface area contributed by atoms with Crippen molar-refractivity contribution in [2.75, 3.05) is 5.75 Å². The van der Waals surface area contributed by atoms with Gasteiger partial charge in [0.1, 0.15) is 5.78 Å². The lowest BCUT2D eigenvalue weighted by Gasteiger charge is -2.13. The molecule has 0 aromatic carbocycles. The highest BCUT2D eigenvalue weighted by Gasteiger charge is 2.36. The Bertz CT molecular complexity index is 176. The van der Waals surface area contributed by atoms with E-state index in [0.717, 1.165) is 12.3 Å². The lowest BCUT2D eigenvalue weighted by molar-refractivity contribution is -0.122. The topological polar surface area (TPSA) is 17.1 Å². The quantitative estimate of drug-likeness (QED) is 0.670. The molecule has 1 aliphatic carbocycles. The minimum Gasteiger partial charge on any atom is -0.298 e. The van der Waals surface area contributed by atoms with E-state index in [9.17, 15) is 4.79 Å². The molecule has 2 fully saturated rings. The molecule has 2 atom stereocenters. The van der Waals surface area contributed by atoms with Crippen LogP contribution in [0.2, 0.25) is 0 Å². The smallest absolute Gasteiger partial charge is 0.148 e. The Labute approximate surface area is 78.3 Å². The summed E-state index contributed by atoms with van der Waals surface area (Å²) in [6.07, 6.45) is 4.98. The maximum absolute atomic E-state index is 11.8. The number of hydrogen-bond acceptors (Lipinski definition) is 2. The van der Waals surface area contributed by atoms with E-state index in [1.807, 2.05) is 11.8 Å². The van der Waals surface area contributed by atoms with E-state index >= 15 is 0 Å². The van der Waals surface area contributed by atoms with Crippen LogP contribution in [0.25, 0.3) is 0 Å². The van der Waals surface area contributed by atoms with Crippen molar-refractivity contribution in [3.8, 4) is 0 Å². The van der Waals surface area contributed by atoms with Gasteiger partial charge >= 0.3 is 0 Å². The molecule has 1 aliphatic heterocycles. The highest BCUT2D eigenvalue weighted by molar-refractivity contribution is 8.00. The van der Waals surface area contributed by atoms with Crippen molar-refractivity contribution in [2.24, 2.45) is 11.8 Å². The Kier molecular flexibility index (Phi) is 2.44. The number of carbonyl (C=O) groups is 1. The van der Waals surface area contributed by atoms with Crippen LogP contribution in [0.15, 0.2) is 0 Å². The van der Waals surface area contributed by atoms with Gasteiger partial charge in [-0.25, -0.2) is 0 Å². The third-order valence-electron chi connectivity index (χ3n) is 3.02. The van der Waals surface area contributed by atoms with Gasteiger partial charge in [0.25, 0.3) is 0 Å². The van der Waals surface area contributed by atoms with Crippen molar-refractivity contribution in [3.05, 3.63) is 0 Å². The Morgan fingerprint density at radius 2 is 2.17 bits per heavy atom. The highest BCUT2D eigenvalue weighted by atomic mass is 32.2. The van der Waals surface area contributed by atoms with Crippen LogP contribution in [0.1, 0.15) is 32.6 Å². The molecule has 68 valence electrons. The fraction of sp³-hybridized carbons (Fsp3) is 0.900. The summed E-state index contributed by atoms with van der Waals surface area (Å²) in [7, 11) is 0. The molecule has 1 saturated carbocycles. The number of hydrogen-bond donors (Lipinski definition) is 0. The predicted octanol–water partition coefficient (Wildman–Crippen LogP) is 2.50. The molecule has 1 heterocycles. The van der Waals surface area contributed by atoms with Gasteiger partial charge in [-0.1, -0.05) is 6.92 Å². The molecule has 0 N–H and O–H groups in total. The summed E-state index contributed by atoms with van der Waals surface area (Å²) in [5, 5.41) is 0.362. The lowest BCUT2D eigenvalue weighted by Crippen LogP contribution is -2.23. The van der Waals surface area contributed by atoms with E-state index in [4.69, 9.17) is 0 Å². The fourth-order valence-electron chi connectivity index (χ4n) is 1.92. The number of Topliss-reactive ketones (excluding diaryl/α,β-unsaturated/α-hetero) is 1. The number of rotatable bonds is 3. The van der Waals surface area contributed by atoms with Crippen molar-refractivity contribution in [3.63, 3.8) is 0 Å². The van der Waals surface area contributed by atoms with Crippen LogP contribution in [0.5, 0.6) is 0 Å². The molecule has 2 aliphatic rings. The standard InChI is InChI=1S/C10H16OS/c1-7(8-4-5-8)10(11)9-3-2-6-12-9/h7-9H,2-6H2,1H3. The Morgan fingerprint density at radius 3 is 2.67 bits per heavy atom. The van der Waals surface area contributed by atoms with Crippen molar-refractivity contribution in [2.45, 2.75) is 37.9 Å². The summed E-state index contributed by atoms with van der Waals surface area (Å²) in [6, 6.07) is 0. The first kappa shape index (κ1) is 8.61. The lowest BCUT2D eigenvalue weighted by atomic mass is 9.97. The van der Waals surface area contributed by atoms with Crippen LogP contribution >= 0.6 is 11.8 Å². The molecule has 1 nitrogen and oxygen atoms in total. The first-order chi connectivity index (χ1) is 5.79. The van der Waals surface area contributed by atoms with Gasteiger partial charge in [-0.15, -0.1) is 0 Å². The van der Waals surface area contributed by atoms with E-state index in [2.05, 4.69) is 6.92 Å². The van der Waals surface area contributed by atoms with Crippen LogP contribution in [-0.4, -0.2) is 16.8 Å². The van der Waals surface area contributed by atoms with E-state index in [1.165, 1.54) is 25.0 Å². The zero-order valence-electron chi connectivity index (χ0n) is 7.58. The highest BCUT2D eigenvalue weighted by Crippen LogP contribution is 2.40. The Balaban J connectivity index is 1.88. The summed E-state index contributed by atoms with van der Waals surface area (Å²) in [4.78, 5) is 11.8. The number of thioether (sulfide) groups is 1. The maximum Gasteiger partial charge on any atom is 0.148 e. The molecule has 1 saturated heterocycles. The summed E-state index contributed by atoms with van der Waals surface area (Å²) < 4.78 is 0. The van der Waals surface area contributed by atoms with Crippen LogP contribution in [-0.2, 0) is 4.79 Å². The van der Waals surface area contributed by atoms with E-state index < -0.39 is 0 Å². The van der Waals surface area contributed by atoms with Gasteiger partial charge in [0.05, 0.1) is 5.25 Å². The molecule has 0 bridgehead atoms. The van der Waals surface area contributed by atoms with Gasteiger partial charge in [0.2, 0.25) is 0 Å². The average Bonchev–Trinajstić information content (AvgIpc) is 2.79. The van der Waals surface area contributed by atoms with Crippen molar-refractivity contribution in [1.29, 1.82) is 0 Å². The van der Waals surface area contributed by atoms with Gasteiger partial charge in [-0.05, 0) is 37.4 Å². The Hall–Kier alpha value is 0.0200. The second-order valence-corrected chi connectivity index (χ2v) is 5.34. The third-order valence-corrected chi connectivity index (χ3v) is 4.42. The molecule has 2 heteroatoms. The van der Waals surface area contributed by atoms with Crippen molar-refractivity contribution in [1.82, 2.24) is 0 Å². The van der Waals surface area contributed by atoms with Gasteiger partial charge < -0.3 is 0 Å². The molecule has 2 unspecified atom stereocenters. The molecular weight excluding hydrogens is 168 g/mol.